The molecule has 2 radical (unpaired) electrons. The molecule has 0 amide bonds. The van der Waals surface area contributed by atoms with Crippen LogP contribution in [0.25, 0.3) is 0 Å². The van der Waals surface area contributed by atoms with Crippen molar-refractivity contribution in [3.05, 3.63) is 0 Å². The lowest BCUT2D eigenvalue weighted by Gasteiger charge is -2.41. The molecule has 0 heterocycles. The van der Waals surface area contributed by atoms with Gasteiger partial charge in [0.25, 0.3) is 0 Å². The van der Waals surface area contributed by atoms with Crippen LogP contribution in [-0.2, 0) is 4.74 Å². The molecule has 0 aromatic carbocycles. The van der Waals surface area contributed by atoms with E-state index in [0.717, 1.165) is 25.7 Å². The van der Waals surface area contributed by atoms with Crippen LogP contribution in [0.5, 0.6) is 0 Å². The number of rotatable bonds is 6. The molecule has 1 N–H and O–H groups in total. The summed E-state index contributed by atoms with van der Waals surface area (Å²) in [5.74, 6) is 0. The molecule has 14 heavy (non-hydrogen) atoms. The van der Waals surface area contributed by atoms with Gasteiger partial charge in [0, 0.05) is 6.04 Å². The van der Waals surface area contributed by atoms with Crippen molar-refractivity contribution in [3.8, 4) is 0 Å². The molecule has 0 aromatic heterocycles. The SMILES string of the molecule is [B]NC1CC(OC(C)(CC)CCC)C1. The van der Waals surface area contributed by atoms with Gasteiger partial charge in [-0.1, -0.05) is 20.3 Å². The number of ether oxygens (including phenoxy) is 1. The molecule has 1 saturated carbocycles. The van der Waals surface area contributed by atoms with Crippen molar-refractivity contribution in [2.45, 2.75) is 70.6 Å². The third kappa shape index (κ3) is 2.99. The van der Waals surface area contributed by atoms with E-state index in [1.807, 2.05) is 0 Å². The largest absolute Gasteiger partial charge is 0.372 e. The Bertz CT molecular complexity index is 171. The van der Waals surface area contributed by atoms with Gasteiger partial charge in [0.2, 0.25) is 0 Å². The van der Waals surface area contributed by atoms with E-state index in [2.05, 4.69) is 26.0 Å². The topological polar surface area (TPSA) is 21.3 Å². The molecule has 0 aromatic rings. The van der Waals surface area contributed by atoms with E-state index in [9.17, 15) is 0 Å². The molecular weight excluding hydrogens is 173 g/mol. The summed E-state index contributed by atoms with van der Waals surface area (Å²) in [4.78, 5) is 0. The molecular formula is C11H22BNO. The third-order valence-corrected chi connectivity index (χ3v) is 3.31. The maximum atomic E-state index is 6.10. The highest BCUT2D eigenvalue weighted by atomic mass is 16.5. The van der Waals surface area contributed by atoms with Crippen molar-refractivity contribution in [1.82, 2.24) is 5.23 Å². The van der Waals surface area contributed by atoms with E-state index in [1.165, 1.54) is 6.42 Å². The predicted molar refractivity (Wildman–Crippen MR) is 60.4 cm³/mol. The van der Waals surface area contributed by atoms with Crippen LogP contribution in [0.15, 0.2) is 0 Å². The minimum Gasteiger partial charge on any atom is -0.372 e. The third-order valence-electron chi connectivity index (χ3n) is 3.31. The zero-order chi connectivity index (χ0) is 10.6. The van der Waals surface area contributed by atoms with Crippen LogP contribution in [-0.4, -0.2) is 25.7 Å². The van der Waals surface area contributed by atoms with Gasteiger partial charge in [0.1, 0.15) is 0 Å². The summed E-state index contributed by atoms with van der Waals surface area (Å²) in [5, 5.41) is 2.79. The van der Waals surface area contributed by atoms with Crippen LogP contribution >= 0.6 is 0 Å². The minimum atomic E-state index is 0.0823. The summed E-state index contributed by atoms with van der Waals surface area (Å²) >= 11 is 0. The Kier molecular flexibility index (Phi) is 4.46. The summed E-state index contributed by atoms with van der Waals surface area (Å²) in [6, 6.07) is 0.475. The van der Waals surface area contributed by atoms with Gasteiger partial charge in [0.05, 0.1) is 11.7 Å². The molecule has 1 aliphatic rings. The fraction of sp³-hybridized carbons (Fsp3) is 1.00. The average molecular weight is 195 g/mol. The van der Waals surface area contributed by atoms with Gasteiger partial charge in [-0.3, -0.25) is 0 Å². The van der Waals surface area contributed by atoms with Gasteiger partial charge in [-0.2, -0.15) is 0 Å². The zero-order valence-corrected chi connectivity index (χ0v) is 9.68. The fourth-order valence-electron chi connectivity index (χ4n) is 2.05. The molecule has 3 heteroatoms. The van der Waals surface area contributed by atoms with Gasteiger partial charge < -0.3 is 9.96 Å². The predicted octanol–water partition coefficient (Wildman–Crippen LogP) is 2.18. The Morgan fingerprint density at radius 2 is 2.07 bits per heavy atom. The molecule has 1 rings (SSSR count). The lowest BCUT2D eigenvalue weighted by molar-refractivity contribution is -0.124. The summed E-state index contributed by atoms with van der Waals surface area (Å²) in [5.41, 5.74) is 0.0823. The molecule has 2 nitrogen and oxygen atoms in total. The van der Waals surface area contributed by atoms with E-state index >= 15 is 0 Å². The first-order valence-electron chi connectivity index (χ1n) is 5.77. The number of nitrogens with one attached hydrogen (secondary N) is 1. The van der Waals surface area contributed by atoms with E-state index in [0.29, 0.717) is 12.1 Å². The monoisotopic (exact) mass is 195 g/mol. The molecule has 0 saturated heterocycles. The lowest BCUT2D eigenvalue weighted by Crippen LogP contribution is -2.48. The molecule has 0 aliphatic heterocycles. The Morgan fingerprint density at radius 1 is 1.43 bits per heavy atom. The van der Waals surface area contributed by atoms with Gasteiger partial charge in [-0.25, -0.2) is 0 Å². The van der Waals surface area contributed by atoms with Crippen LogP contribution in [0.3, 0.4) is 0 Å². The van der Waals surface area contributed by atoms with Crippen molar-refractivity contribution in [2.75, 3.05) is 0 Å². The lowest BCUT2D eigenvalue weighted by atomic mass is 9.86. The zero-order valence-electron chi connectivity index (χ0n) is 9.68. The Balaban J connectivity index is 2.28. The number of hydrogen-bond donors (Lipinski definition) is 1. The standard InChI is InChI=1S/C11H22BNO/c1-4-6-11(3,5-2)14-10-7-9(8-10)13-12/h9-10,13H,4-8H2,1-3H3. The van der Waals surface area contributed by atoms with Crippen LogP contribution in [0.2, 0.25) is 0 Å². The maximum absolute atomic E-state index is 6.10. The molecule has 1 atom stereocenters. The molecule has 0 bridgehead atoms. The molecule has 0 spiro atoms. The van der Waals surface area contributed by atoms with Crippen molar-refractivity contribution < 1.29 is 4.74 Å². The second-order valence-corrected chi connectivity index (χ2v) is 4.63. The van der Waals surface area contributed by atoms with Gasteiger partial charge in [-0.15, -0.1) is 0 Å². The van der Waals surface area contributed by atoms with Crippen molar-refractivity contribution >= 4 is 7.98 Å². The average Bonchev–Trinajstić information content (AvgIpc) is 2.11. The van der Waals surface area contributed by atoms with Gasteiger partial charge in [0.15, 0.2) is 7.98 Å². The number of hydrogen-bond acceptors (Lipinski definition) is 2. The molecule has 1 aliphatic carbocycles. The van der Waals surface area contributed by atoms with Crippen molar-refractivity contribution in [2.24, 2.45) is 0 Å². The smallest absolute Gasteiger partial charge is 0.178 e. The highest BCUT2D eigenvalue weighted by Gasteiger charge is 2.34. The first-order valence-corrected chi connectivity index (χ1v) is 5.77. The van der Waals surface area contributed by atoms with Crippen LogP contribution in [0, 0.1) is 0 Å². The quantitative estimate of drug-likeness (QED) is 0.656. The molecule has 80 valence electrons. The summed E-state index contributed by atoms with van der Waals surface area (Å²) in [6.45, 7) is 6.63. The van der Waals surface area contributed by atoms with Gasteiger partial charge in [-0.05, 0) is 32.6 Å². The molecule has 1 fully saturated rings. The van der Waals surface area contributed by atoms with Gasteiger partial charge >= 0.3 is 0 Å². The Hall–Kier alpha value is -0.0151. The van der Waals surface area contributed by atoms with Crippen molar-refractivity contribution in [3.63, 3.8) is 0 Å². The summed E-state index contributed by atoms with van der Waals surface area (Å²) in [7, 11) is 5.35. The van der Waals surface area contributed by atoms with E-state index in [1.54, 1.807) is 0 Å². The second kappa shape index (κ2) is 5.17. The van der Waals surface area contributed by atoms with Crippen LogP contribution in [0.4, 0.5) is 0 Å². The second-order valence-electron chi connectivity index (χ2n) is 4.63. The fourth-order valence-corrected chi connectivity index (χ4v) is 2.05. The van der Waals surface area contributed by atoms with Crippen LogP contribution < -0.4 is 5.23 Å². The van der Waals surface area contributed by atoms with Crippen molar-refractivity contribution in [1.29, 1.82) is 0 Å². The highest BCUT2D eigenvalue weighted by Crippen LogP contribution is 2.31. The first kappa shape index (κ1) is 12.1. The minimum absolute atomic E-state index is 0.0823. The molecule has 1 unspecified atom stereocenters. The highest BCUT2D eigenvalue weighted by molar-refractivity contribution is 6.04. The van der Waals surface area contributed by atoms with E-state index in [-0.39, 0.29) is 5.60 Å². The van der Waals surface area contributed by atoms with E-state index < -0.39 is 0 Å². The summed E-state index contributed by atoms with van der Waals surface area (Å²) in [6.07, 6.45) is 5.99. The first-order chi connectivity index (χ1) is 6.63. The Morgan fingerprint density at radius 3 is 2.50 bits per heavy atom. The summed E-state index contributed by atoms with van der Waals surface area (Å²) < 4.78 is 6.10. The van der Waals surface area contributed by atoms with E-state index in [4.69, 9.17) is 12.7 Å². The maximum Gasteiger partial charge on any atom is 0.178 e. The Labute approximate surface area is 89.2 Å². The normalized spacial score (nSPS) is 30.8. The van der Waals surface area contributed by atoms with Crippen LogP contribution in [0.1, 0.15) is 52.9 Å².